The Morgan fingerprint density at radius 1 is 1.15 bits per heavy atom. The lowest BCUT2D eigenvalue weighted by Crippen LogP contribution is -2.40. The molecular formula is C14H22ClN3O2. The number of hydrogen-bond acceptors (Lipinski definition) is 3. The second-order valence-corrected chi connectivity index (χ2v) is 4.60. The summed E-state index contributed by atoms with van der Waals surface area (Å²) in [6.45, 7) is 4.49. The molecule has 0 saturated carbocycles. The second-order valence-electron chi connectivity index (χ2n) is 4.60. The largest absolute Gasteiger partial charge is 0.354 e. The minimum absolute atomic E-state index is 0. The van der Waals surface area contributed by atoms with Crippen molar-refractivity contribution in [2.75, 3.05) is 19.6 Å². The lowest BCUT2D eigenvalue weighted by atomic mass is 10.00. The van der Waals surface area contributed by atoms with Gasteiger partial charge in [-0.2, -0.15) is 0 Å². The molecule has 1 aromatic carbocycles. The zero-order valence-electron chi connectivity index (χ0n) is 11.8. The van der Waals surface area contributed by atoms with Gasteiger partial charge in [-0.15, -0.1) is 12.4 Å². The number of hydrogen-bond donors (Lipinski definition) is 3. The average molecular weight is 300 g/mol. The number of aryl methyl sites for hydroxylation is 1. The Balaban J connectivity index is 0.00000361. The van der Waals surface area contributed by atoms with Crippen LogP contribution in [-0.2, 0) is 9.59 Å². The standard InChI is InChI=1S/C14H21N3O2.ClH/c1-10-3-5-12(6-4-10)11(2)8-16-14(19)9-17-13(18)7-15;/h3-6,11H,7-9,15H2,1-2H3,(H,16,19)(H,17,18);1H. The molecule has 0 aliphatic carbocycles. The number of rotatable bonds is 6. The normalized spacial score (nSPS) is 11.2. The average Bonchev–Trinajstić information content (AvgIpc) is 2.42. The van der Waals surface area contributed by atoms with Gasteiger partial charge in [-0.3, -0.25) is 9.59 Å². The molecule has 0 radical (unpaired) electrons. The summed E-state index contributed by atoms with van der Waals surface area (Å²) in [5, 5.41) is 5.21. The van der Waals surface area contributed by atoms with E-state index in [-0.39, 0.29) is 43.2 Å². The molecule has 2 amide bonds. The fourth-order valence-corrected chi connectivity index (χ4v) is 1.59. The Kier molecular flexibility index (Phi) is 8.59. The number of benzene rings is 1. The molecule has 1 aromatic rings. The number of nitrogens with two attached hydrogens (primary N) is 1. The second kappa shape index (κ2) is 9.34. The Morgan fingerprint density at radius 3 is 2.30 bits per heavy atom. The summed E-state index contributed by atoms with van der Waals surface area (Å²) < 4.78 is 0. The minimum atomic E-state index is -0.332. The smallest absolute Gasteiger partial charge is 0.239 e. The van der Waals surface area contributed by atoms with Crippen molar-refractivity contribution in [3.8, 4) is 0 Å². The van der Waals surface area contributed by atoms with Crippen LogP contribution in [0.4, 0.5) is 0 Å². The molecule has 5 nitrogen and oxygen atoms in total. The van der Waals surface area contributed by atoms with Gasteiger partial charge in [0, 0.05) is 6.54 Å². The van der Waals surface area contributed by atoms with Crippen LogP contribution in [0.5, 0.6) is 0 Å². The third-order valence-corrected chi connectivity index (χ3v) is 2.88. The molecule has 0 bridgehead atoms. The van der Waals surface area contributed by atoms with Crippen LogP contribution >= 0.6 is 12.4 Å². The first-order valence-corrected chi connectivity index (χ1v) is 6.33. The van der Waals surface area contributed by atoms with E-state index in [1.165, 1.54) is 11.1 Å². The number of carbonyl (C=O) groups excluding carboxylic acids is 2. The van der Waals surface area contributed by atoms with Crippen LogP contribution in [0.3, 0.4) is 0 Å². The molecule has 1 atom stereocenters. The van der Waals surface area contributed by atoms with Crippen molar-refractivity contribution in [1.29, 1.82) is 0 Å². The molecule has 0 fully saturated rings. The van der Waals surface area contributed by atoms with E-state index in [2.05, 4.69) is 34.9 Å². The summed E-state index contributed by atoms with van der Waals surface area (Å²) in [6, 6.07) is 8.22. The van der Waals surface area contributed by atoms with Crippen LogP contribution < -0.4 is 16.4 Å². The van der Waals surface area contributed by atoms with Crippen LogP contribution in [0.1, 0.15) is 24.0 Å². The van der Waals surface area contributed by atoms with E-state index in [1.807, 2.05) is 13.8 Å². The predicted molar refractivity (Wildman–Crippen MR) is 81.9 cm³/mol. The van der Waals surface area contributed by atoms with Crippen LogP contribution in [0.2, 0.25) is 0 Å². The highest BCUT2D eigenvalue weighted by Gasteiger charge is 2.08. The zero-order chi connectivity index (χ0) is 14.3. The molecule has 112 valence electrons. The van der Waals surface area contributed by atoms with E-state index in [0.717, 1.165) is 0 Å². The highest BCUT2D eigenvalue weighted by molar-refractivity contribution is 5.85. The SMILES string of the molecule is Cc1ccc(C(C)CNC(=O)CNC(=O)CN)cc1.Cl. The molecule has 0 aliphatic rings. The van der Waals surface area contributed by atoms with E-state index < -0.39 is 0 Å². The summed E-state index contributed by atoms with van der Waals surface area (Å²) in [4.78, 5) is 22.4. The van der Waals surface area contributed by atoms with Gasteiger partial charge in [-0.05, 0) is 18.4 Å². The molecule has 0 aromatic heterocycles. The number of amides is 2. The summed E-state index contributed by atoms with van der Waals surface area (Å²) in [5.41, 5.74) is 7.52. The highest BCUT2D eigenvalue weighted by atomic mass is 35.5. The third-order valence-electron chi connectivity index (χ3n) is 2.88. The van der Waals surface area contributed by atoms with Crippen LogP contribution in [-0.4, -0.2) is 31.4 Å². The molecule has 20 heavy (non-hydrogen) atoms. The lowest BCUT2D eigenvalue weighted by molar-refractivity contribution is -0.125. The van der Waals surface area contributed by atoms with Crippen molar-refractivity contribution >= 4 is 24.2 Å². The molecule has 1 unspecified atom stereocenters. The van der Waals surface area contributed by atoms with E-state index >= 15 is 0 Å². The van der Waals surface area contributed by atoms with Crippen molar-refractivity contribution in [3.05, 3.63) is 35.4 Å². The Labute approximate surface area is 125 Å². The first-order valence-electron chi connectivity index (χ1n) is 6.33. The van der Waals surface area contributed by atoms with Gasteiger partial charge in [0.05, 0.1) is 13.1 Å². The first kappa shape index (κ1) is 18.4. The Bertz CT molecular complexity index is 435. The summed E-state index contributed by atoms with van der Waals surface area (Å²) in [7, 11) is 0. The van der Waals surface area contributed by atoms with Gasteiger partial charge in [-0.1, -0.05) is 36.8 Å². The Morgan fingerprint density at radius 2 is 1.75 bits per heavy atom. The highest BCUT2D eigenvalue weighted by Crippen LogP contribution is 2.14. The molecule has 4 N–H and O–H groups in total. The van der Waals surface area contributed by atoms with Crippen LogP contribution in [0.15, 0.2) is 24.3 Å². The van der Waals surface area contributed by atoms with Crippen molar-refractivity contribution in [2.45, 2.75) is 19.8 Å². The summed E-state index contributed by atoms with van der Waals surface area (Å²) >= 11 is 0. The van der Waals surface area contributed by atoms with Gasteiger partial charge in [-0.25, -0.2) is 0 Å². The molecule has 0 spiro atoms. The molecule has 6 heteroatoms. The van der Waals surface area contributed by atoms with Crippen molar-refractivity contribution in [2.24, 2.45) is 5.73 Å². The van der Waals surface area contributed by atoms with Crippen molar-refractivity contribution in [3.63, 3.8) is 0 Å². The quantitative estimate of drug-likeness (QED) is 0.723. The molecule has 0 aliphatic heterocycles. The van der Waals surface area contributed by atoms with Crippen molar-refractivity contribution in [1.82, 2.24) is 10.6 Å². The third kappa shape index (κ3) is 6.54. The topological polar surface area (TPSA) is 84.2 Å². The van der Waals surface area contributed by atoms with Gasteiger partial charge >= 0.3 is 0 Å². The molecule has 0 heterocycles. The Hall–Kier alpha value is -1.59. The van der Waals surface area contributed by atoms with Crippen LogP contribution in [0, 0.1) is 6.92 Å². The first-order chi connectivity index (χ1) is 9.02. The van der Waals surface area contributed by atoms with Gasteiger partial charge < -0.3 is 16.4 Å². The maximum Gasteiger partial charge on any atom is 0.239 e. The molecular weight excluding hydrogens is 278 g/mol. The maximum absolute atomic E-state index is 11.5. The van der Waals surface area contributed by atoms with Gasteiger partial charge in [0.1, 0.15) is 0 Å². The van der Waals surface area contributed by atoms with E-state index in [4.69, 9.17) is 5.73 Å². The summed E-state index contributed by atoms with van der Waals surface area (Å²) in [6.07, 6.45) is 0. The van der Waals surface area contributed by atoms with Gasteiger partial charge in [0.15, 0.2) is 0 Å². The number of nitrogens with one attached hydrogen (secondary N) is 2. The molecule has 0 saturated heterocycles. The fourth-order valence-electron chi connectivity index (χ4n) is 1.59. The monoisotopic (exact) mass is 299 g/mol. The zero-order valence-corrected chi connectivity index (χ0v) is 12.6. The number of carbonyl (C=O) groups is 2. The number of halogens is 1. The van der Waals surface area contributed by atoms with E-state index in [9.17, 15) is 9.59 Å². The van der Waals surface area contributed by atoms with E-state index in [0.29, 0.717) is 6.54 Å². The summed E-state index contributed by atoms with van der Waals surface area (Å²) in [5.74, 6) is -0.308. The molecule has 1 rings (SSSR count). The fraction of sp³-hybridized carbons (Fsp3) is 0.429. The van der Waals surface area contributed by atoms with Crippen molar-refractivity contribution < 1.29 is 9.59 Å². The maximum atomic E-state index is 11.5. The van der Waals surface area contributed by atoms with E-state index in [1.54, 1.807) is 0 Å². The van der Waals surface area contributed by atoms with Gasteiger partial charge in [0.2, 0.25) is 11.8 Å². The minimum Gasteiger partial charge on any atom is -0.354 e. The van der Waals surface area contributed by atoms with Gasteiger partial charge in [0.25, 0.3) is 0 Å². The van der Waals surface area contributed by atoms with Crippen LogP contribution in [0.25, 0.3) is 0 Å². The predicted octanol–water partition coefficient (Wildman–Crippen LogP) is 0.711. The lowest BCUT2D eigenvalue weighted by Gasteiger charge is -2.13.